The Kier molecular flexibility index (Phi) is 6.20. The summed E-state index contributed by atoms with van der Waals surface area (Å²) in [6, 6.07) is 8.18. The number of hydrogen-bond acceptors (Lipinski definition) is 4. The van der Waals surface area contributed by atoms with E-state index in [1.54, 1.807) is 11.1 Å². The monoisotopic (exact) mass is 343 g/mol. The summed E-state index contributed by atoms with van der Waals surface area (Å²) in [4.78, 5) is 13.0. The van der Waals surface area contributed by atoms with Gasteiger partial charge in [0.1, 0.15) is 0 Å². The maximum Gasteiger partial charge on any atom is 0.191 e. The molecule has 0 spiro atoms. The standard InChI is InChI=1S/C18H25N5S/c1-2-19-18(22-13-16-5-3-4-8-20-16)21-9-11-23-10-6-17-15(14-23)7-12-24-17/h3-5,7-8,12H,2,6,9-11,13-14H2,1H3,(H2,19,21,22). The molecular formula is C18H25N5S. The Morgan fingerprint density at radius 3 is 3.12 bits per heavy atom. The number of aromatic nitrogens is 1. The van der Waals surface area contributed by atoms with Gasteiger partial charge in [-0.25, -0.2) is 4.99 Å². The summed E-state index contributed by atoms with van der Waals surface area (Å²) < 4.78 is 0. The van der Waals surface area contributed by atoms with Crippen LogP contribution in [0, 0.1) is 0 Å². The number of thiophene rings is 1. The Morgan fingerprint density at radius 1 is 1.33 bits per heavy atom. The van der Waals surface area contributed by atoms with Crippen molar-refractivity contribution < 1.29 is 0 Å². The van der Waals surface area contributed by atoms with Gasteiger partial charge in [-0.1, -0.05) is 6.07 Å². The molecular weight excluding hydrogens is 318 g/mol. The Balaban J connectivity index is 1.46. The van der Waals surface area contributed by atoms with Crippen molar-refractivity contribution in [2.75, 3.05) is 26.2 Å². The molecule has 0 bridgehead atoms. The molecule has 0 saturated heterocycles. The van der Waals surface area contributed by atoms with Crippen LogP contribution in [0.4, 0.5) is 0 Å². The number of hydrogen-bond donors (Lipinski definition) is 2. The number of fused-ring (bicyclic) bond motifs is 1. The predicted octanol–water partition coefficient (Wildman–Crippen LogP) is 2.26. The van der Waals surface area contributed by atoms with Crippen LogP contribution >= 0.6 is 11.3 Å². The number of nitrogens with zero attached hydrogens (tertiary/aromatic N) is 3. The van der Waals surface area contributed by atoms with Crippen molar-refractivity contribution in [2.24, 2.45) is 4.99 Å². The molecule has 0 radical (unpaired) electrons. The first-order valence-corrected chi connectivity index (χ1v) is 9.43. The van der Waals surface area contributed by atoms with Crippen LogP contribution in [0.15, 0.2) is 40.8 Å². The minimum absolute atomic E-state index is 0.595. The lowest BCUT2D eigenvalue weighted by atomic mass is 10.1. The second-order valence-electron chi connectivity index (χ2n) is 5.84. The summed E-state index contributed by atoms with van der Waals surface area (Å²) in [5, 5.41) is 8.93. The molecule has 0 atom stereocenters. The predicted molar refractivity (Wildman–Crippen MR) is 100 cm³/mol. The van der Waals surface area contributed by atoms with Crippen LogP contribution in [-0.4, -0.2) is 42.0 Å². The number of guanidine groups is 1. The van der Waals surface area contributed by atoms with Crippen LogP contribution in [0.5, 0.6) is 0 Å². The van der Waals surface area contributed by atoms with Crippen molar-refractivity contribution >= 4 is 17.3 Å². The molecule has 0 unspecified atom stereocenters. The fourth-order valence-corrected chi connectivity index (χ4v) is 3.71. The van der Waals surface area contributed by atoms with E-state index in [1.165, 1.54) is 12.0 Å². The average molecular weight is 344 g/mol. The minimum Gasteiger partial charge on any atom is -0.357 e. The van der Waals surface area contributed by atoms with Gasteiger partial charge in [0.15, 0.2) is 5.96 Å². The molecule has 1 aliphatic rings. The zero-order valence-corrected chi connectivity index (χ0v) is 15.0. The molecule has 0 fully saturated rings. The molecule has 0 aromatic carbocycles. The van der Waals surface area contributed by atoms with Gasteiger partial charge in [-0.05, 0) is 42.5 Å². The summed E-state index contributed by atoms with van der Waals surface area (Å²) in [7, 11) is 0. The number of pyridine rings is 1. The van der Waals surface area contributed by atoms with E-state index in [9.17, 15) is 0 Å². The normalized spacial score (nSPS) is 15.1. The Morgan fingerprint density at radius 2 is 2.29 bits per heavy atom. The summed E-state index contributed by atoms with van der Waals surface area (Å²) in [6.07, 6.45) is 2.99. The highest BCUT2D eigenvalue weighted by molar-refractivity contribution is 7.10. The molecule has 3 rings (SSSR count). The van der Waals surface area contributed by atoms with Crippen molar-refractivity contribution in [1.82, 2.24) is 20.5 Å². The second-order valence-corrected chi connectivity index (χ2v) is 6.84. The summed E-state index contributed by atoms with van der Waals surface area (Å²) in [6.45, 7) is 7.69. The SMILES string of the molecule is CCNC(=NCc1ccccn1)NCCN1CCc2sccc2C1. The van der Waals surface area contributed by atoms with Gasteiger partial charge in [0.2, 0.25) is 0 Å². The molecule has 128 valence electrons. The fraction of sp³-hybridized carbons (Fsp3) is 0.444. The van der Waals surface area contributed by atoms with E-state index in [2.05, 4.69) is 43.9 Å². The Labute approximate surface area is 147 Å². The quantitative estimate of drug-likeness (QED) is 0.624. The number of rotatable bonds is 6. The van der Waals surface area contributed by atoms with E-state index in [0.717, 1.165) is 44.4 Å². The van der Waals surface area contributed by atoms with Crippen LogP contribution in [0.25, 0.3) is 0 Å². The van der Waals surface area contributed by atoms with Gasteiger partial charge in [-0.15, -0.1) is 11.3 Å². The summed E-state index contributed by atoms with van der Waals surface area (Å²) in [5.74, 6) is 0.858. The minimum atomic E-state index is 0.595. The molecule has 0 saturated carbocycles. The van der Waals surface area contributed by atoms with Gasteiger partial charge in [-0.3, -0.25) is 9.88 Å². The van der Waals surface area contributed by atoms with Crippen molar-refractivity contribution in [2.45, 2.75) is 26.4 Å². The van der Waals surface area contributed by atoms with Crippen LogP contribution in [0.3, 0.4) is 0 Å². The summed E-state index contributed by atoms with van der Waals surface area (Å²) in [5.41, 5.74) is 2.48. The molecule has 24 heavy (non-hydrogen) atoms. The third kappa shape index (κ3) is 4.79. The zero-order valence-electron chi connectivity index (χ0n) is 14.2. The van der Waals surface area contributed by atoms with E-state index in [0.29, 0.717) is 6.54 Å². The zero-order chi connectivity index (χ0) is 16.6. The molecule has 2 N–H and O–H groups in total. The average Bonchev–Trinajstić information content (AvgIpc) is 3.08. The topological polar surface area (TPSA) is 52.6 Å². The highest BCUT2D eigenvalue weighted by atomic mass is 32.1. The van der Waals surface area contributed by atoms with Crippen molar-refractivity contribution in [3.05, 3.63) is 52.0 Å². The van der Waals surface area contributed by atoms with Gasteiger partial charge < -0.3 is 10.6 Å². The molecule has 2 aromatic heterocycles. The van der Waals surface area contributed by atoms with E-state index < -0.39 is 0 Å². The van der Waals surface area contributed by atoms with Gasteiger partial charge in [0.05, 0.1) is 12.2 Å². The van der Waals surface area contributed by atoms with Crippen molar-refractivity contribution in [3.8, 4) is 0 Å². The fourth-order valence-electron chi connectivity index (χ4n) is 2.82. The second kappa shape index (κ2) is 8.80. The molecule has 1 aliphatic heterocycles. The smallest absolute Gasteiger partial charge is 0.191 e. The van der Waals surface area contributed by atoms with Crippen LogP contribution < -0.4 is 10.6 Å². The third-order valence-electron chi connectivity index (χ3n) is 4.08. The largest absolute Gasteiger partial charge is 0.357 e. The first kappa shape index (κ1) is 16.9. The highest BCUT2D eigenvalue weighted by Crippen LogP contribution is 2.23. The first-order chi connectivity index (χ1) is 11.8. The maximum absolute atomic E-state index is 4.61. The van der Waals surface area contributed by atoms with Crippen molar-refractivity contribution in [1.29, 1.82) is 0 Å². The van der Waals surface area contributed by atoms with E-state index in [1.807, 2.05) is 29.5 Å². The Hall–Kier alpha value is -1.92. The van der Waals surface area contributed by atoms with Gasteiger partial charge >= 0.3 is 0 Å². The van der Waals surface area contributed by atoms with Gasteiger partial charge in [0, 0.05) is 43.8 Å². The van der Waals surface area contributed by atoms with Gasteiger partial charge in [0.25, 0.3) is 0 Å². The molecule has 6 heteroatoms. The first-order valence-electron chi connectivity index (χ1n) is 8.55. The lowest BCUT2D eigenvalue weighted by Gasteiger charge is -2.27. The van der Waals surface area contributed by atoms with Gasteiger partial charge in [-0.2, -0.15) is 0 Å². The highest BCUT2D eigenvalue weighted by Gasteiger charge is 2.16. The van der Waals surface area contributed by atoms with Crippen LogP contribution in [0.1, 0.15) is 23.1 Å². The van der Waals surface area contributed by atoms with Crippen LogP contribution in [0.2, 0.25) is 0 Å². The molecule has 3 heterocycles. The molecule has 2 aromatic rings. The maximum atomic E-state index is 4.61. The lowest BCUT2D eigenvalue weighted by molar-refractivity contribution is 0.260. The van der Waals surface area contributed by atoms with E-state index in [4.69, 9.17) is 0 Å². The van der Waals surface area contributed by atoms with E-state index >= 15 is 0 Å². The molecule has 5 nitrogen and oxygen atoms in total. The van der Waals surface area contributed by atoms with Crippen molar-refractivity contribution in [3.63, 3.8) is 0 Å². The summed E-state index contributed by atoms with van der Waals surface area (Å²) >= 11 is 1.89. The number of aliphatic imine (C=N–C) groups is 1. The number of nitrogens with one attached hydrogen (secondary N) is 2. The Bertz CT molecular complexity index is 652. The molecule has 0 amide bonds. The third-order valence-corrected chi connectivity index (χ3v) is 5.10. The van der Waals surface area contributed by atoms with E-state index in [-0.39, 0.29) is 0 Å². The van der Waals surface area contributed by atoms with Crippen LogP contribution in [-0.2, 0) is 19.5 Å². The lowest BCUT2D eigenvalue weighted by Crippen LogP contribution is -2.42. The molecule has 0 aliphatic carbocycles.